The van der Waals surface area contributed by atoms with Crippen LogP contribution in [0, 0.1) is 0 Å². The fourth-order valence-electron chi connectivity index (χ4n) is 4.36. The van der Waals surface area contributed by atoms with E-state index in [1.807, 2.05) is 17.0 Å². The van der Waals surface area contributed by atoms with Crippen LogP contribution in [-0.4, -0.2) is 42.9 Å². The maximum atomic E-state index is 11.9. The number of guanidine groups is 1. The van der Waals surface area contributed by atoms with Gasteiger partial charge in [-0.15, -0.1) is 0 Å². The summed E-state index contributed by atoms with van der Waals surface area (Å²) < 4.78 is 0. The van der Waals surface area contributed by atoms with E-state index in [1.54, 1.807) is 0 Å². The van der Waals surface area contributed by atoms with Gasteiger partial charge in [0.2, 0.25) is 5.91 Å². The van der Waals surface area contributed by atoms with Crippen LogP contribution in [-0.2, 0) is 24.4 Å². The second-order valence-corrected chi connectivity index (χ2v) is 8.66. The molecule has 6 heteroatoms. The van der Waals surface area contributed by atoms with Crippen LogP contribution >= 0.6 is 0 Å². The number of likely N-dealkylation sites (tertiary alicyclic amines) is 1. The molecule has 0 spiro atoms. The van der Waals surface area contributed by atoms with E-state index in [9.17, 15) is 4.79 Å². The Morgan fingerprint density at radius 2 is 1.56 bits per heavy atom. The average Bonchev–Trinajstić information content (AvgIpc) is 3.49. The van der Waals surface area contributed by atoms with Crippen LogP contribution in [0.5, 0.6) is 0 Å². The molecule has 170 valence electrons. The van der Waals surface area contributed by atoms with Gasteiger partial charge in [-0.1, -0.05) is 36.4 Å². The zero-order valence-electron chi connectivity index (χ0n) is 19.1. The van der Waals surface area contributed by atoms with Gasteiger partial charge in [0.05, 0.1) is 6.54 Å². The fraction of sp³-hybridized carbons (Fsp3) is 0.462. The molecular weight excluding hydrogens is 398 g/mol. The van der Waals surface area contributed by atoms with Crippen molar-refractivity contribution in [2.24, 2.45) is 4.99 Å². The summed E-state index contributed by atoms with van der Waals surface area (Å²) in [6.07, 6.45) is 4.27. The van der Waals surface area contributed by atoms with Gasteiger partial charge in [0.15, 0.2) is 5.96 Å². The maximum absolute atomic E-state index is 11.9. The Morgan fingerprint density at radius 3 is 2.22 bits per heavy atom. The molecule has 0 aliphatic carbocycles. The summed E-state index contributed by atoms with van der Waals surface area (Å²) in [5.41, 5.74) is 4.75. The lowest BCUT2D eigenvalue weighted by atomic mass is 10.1. The molecule has 4 rings (SSSR count). The predicted octanol–water partition coefficient (Wildman–Crippen LogP) is 3.66. The van der Waals surface area contributed by atoms with Crippen LogP contribution < -0.4 is 15.5 Å². The first kappa shape index (κ1) is 22.3. The summed E-state index contributed by atoms with van der Waals surface area (Å²) in [5, 5.41) is 6.76. The second-order valence-electron chi connectivity index (χ2n) is 8.66. The number of benzene rings is 2. The number of carbonyl (C=O) groups excluding carboxylic acids is 1. The molecular formula is C26H35N5O. The highest BCUT2D eigenvalue weighted by molar-refractivity contribution is 5.95. The Bertz CT molecular complexity index is 901. The van der Waals surface area contributed by atoms with Crippen LogP contribution in [0.4, 0.5) is 5.69 Å². The molecule has 2 aromatic carbocycles. The Balaban J connectivity index is 1.29. The van der Waals surface area contributed by atoms with Crippen LogP contribution in [0.25, 0.3) is 0 Å². The number of carbonyl (C=O) groups is 1. The normalized spacial score (nSPS) is 17.2. The van der Waals surface area contributed by atoms with Gasteiger partial charge in [-0.2, -0.15) is 0 Å². The van der Waals surface area contributed by atoms with Gasteiger partial charge in [-0.3, -0.25) is 9.69 Å². The number of hydrogen-bond donors (Lipinski definition) is 2. The van der Waals surface area contributed by atoms with Crippen LogP contribution in [0.15, 0.2) is 53.5 Å². The minimum absolute atomic E-state index is 0.221. The van der Waals surface area contributed by atoms with Crippen molar-refractivity contribution < 1.29 is 4.79 Å². The summed E-state index contributed by atoms with van der Waals surface area (Å²) in [6.45, 7) is 8.56. The first-order valence-corrected chi connectivity index (χ1v) is 11.9. The highest BCUT2D eigenvalue weighted by atomic mass is 16.2. The standard InChI is InChI=1S/C26H35N5O/c1-2-27-26(28-18-21-7-9-23(10-8-21)20-30-15-3-4-16-30)29-19-22-11-13-24(14-12-22)31-17-5-6-25(31)32/h7-14H,2-6,15-20H2,1H3,(H2,27,28,29). The predicted molar refractivity (Wildman–Crippen MR) is 131 cm³/mol. The Hall–Kier alpha value is -2.86. The maximum Gasteiger partial charge on any atom is 0.227 e. The van der Waals surface area contributed by atoms with Gasteiger partial charge in [0.25, 0.3) is 0 Å². The SMILES string of the molecule is CCNC(=NCc1ccc(N2CCCC2=O)cc1)NCc1ccc(CN2CCCC2)cc1. The number of nitrogens with one attached hydrogen (secondary N) is 2. The number of anilines is 1. The van der Waals surface area contributed by atoms with Crippen molar-refractivity contribution in [1.82, 2.24) is 15.5 Å². The first-order chi connectivity index (χ1) is 15.7. The zero-order valence-corrected chi connectivity index (χ0v) is 19.1. The van der Waals surface area contributed by atoms with E-state index in [1.165, 1.54) is 37.1 Å². The highest BCUT2D eigenvalue weighted by Crippen LogP contribution is 2.21. The number of amides is 1. The fourth-order valence-corrected chi connectivity index (χ4v) is 4.36. The summed E-state index contributed by atoms with van der Waals surface area (Å²) in [4.78, 5) is 21.0. The van der Waals surface area contributed by atoms with Gasteiger partial charge in [-0.25, -0.2) is 4.99 Å². The summed E-state index contributed by atoms with van der Waals surface area (Å²) in [7, 11) is 0. The Kier molecular flexibility index (Phi) is 7.77. The highest BCUT2D eigenvalue weighted by Gasteiger charge is 2.21. The molecule has 2 saturated heterocycles. The van der Waals surface area contributed by atoms with Gasteiger partial charge < -0.3 is 15.5 Å². The molecule has 0 radical (unpaired) electrons. The minimum Gasteiger partial charge on any atom is -0.357 e. The molecule has 2 aliphatic rings. The minimum atomic E-state index is 0.221. The molecule has 0 atom stereocenters. The molecule has 0 unspecified atom stereocenters. The molecule has 1 amide bonds. The summed E-state index contributed by atoms with van der Waals surface area (Å²) in [5.74, 6) is 1.03. The molecule has 0 aromatic heterocycles. The summed E-state index contributed by atoms with van der Waals surface area (Å²) in [6, 6.07) is 17.1. The molecule has 6 nitrogen and oxygen atoms in total. The quantitative estimate of drug-likeness (QED) is 0.493. The van der Waals surface area contributed by atoms with Crippen LogP contribution in [0.3, 0.4) is 0 Å². The molecule has 0 saturated carbocycles. The molecule has 32 heavy (non-hydrogen) atoms. The smallest absolute Gasteiger partial charge is 0.227 e. The van der Waals surface area contributed by atoms with Gasteiger partial charge in [0.1, 0.15) is 0 Å². The molecule has 2 heterocycles. The lowest BCUT2D eigenvalue weighted by Gasteiger charge is -2.16. The average molecular weight is 434 g/mol. The van der Waals surface area contributed by atoms with Crippen molar-refractivity contribution in [2.75, 3.05) is 31.1 Å². The lowest BCUT2D eigenvalue weighted by Crippen LogP contribution is -2.36. The molecule has 0 bridgehead atoms. The topological polar surface area (TPSA) is 60.0 Å². The molecule has 2 N–H and O–H groups in total. The summed E-state index contributed by atoms with van der Waals surface area (Å²) >= 11 is 0. The van der Waals surface area contributed by atoms with Crippen LogP contribution in [0.2, 0.25) is 0 Å². The molecule has 2 fully saturated rings. The molecule has 2 aromatic rings. The van der Waals surface area contributed by atoms with E-state index < -0.39 is 0 Å². The van der Waals surface area contributed by atoms with E-state index in [0.29, 0.717) is 13.0 Å². The van der Waals surface area contributed by atoms with Crippen LogP contribution in [0.1, 0.15) is 49.3 Å². The molecule has 2 aliphatic heterocycles. The zero-order chi connectivity index (χ0) is 22.2. The van der Waals surface area contributed by atoms with E-state index in [-0.39, 0.29) is 5.91 Å². The second kappa shape index (κ2) is 11.1. The first-order valence-electron chi connectivity index (χ1n) is 11.9. The van der Waals surface area contributed by atoms with Crippen molar-refractivity contribution in [3.05, 3.63) is 65.2 Å². The Labute approximate surface area is 191 Å². The third-order valence-electron chi connectivity index (χ3n) is 6.17. The van der Waals surface area contributed by atoms with E-state index in [0.717, 1.165) is 49.8 Å². The van der Waals surface area contributed by atoms with Crippen molar-refractivity contribution in [2.45, 2.75) is 52.2 Å². The number of rotatable bonds is 8. The van der Waals surface area contributed by atoms with Crippen molar-refractivity contribution in [3.8, 4) is 0 Å². The van der Waals surface area contributed by atoms with Gasteiger partial charge >= 0.3 is 0 Å². The van der Waals surface area contributed by atoms with E-state index in [2.05, 4.69) is 58.9 Å². The largest absolute Gasteiger partial charge is 0.357 e. The Morgan fingerprint density at radius 1 is 0.875 bits per heavy atom. The van der Waals surface area contributed by atoms with Gasteiger partial charge in [0, 0.05) is 38.3 Å². The third kappa shape index (κ3) is 6.10. The van der Waals surface area contributed by atoms with Gasteiger partial charge in [-0.05, 0) is 68.1 Å². The van der Waals surface area contributed by atoms with E-state index in [4.69, 9.17) is 4.99 Å². The number of aliphatic imine (C=N–C) groups is 1. The third-order valence-corrected chi connectivity index (χ3v) is 6.17. The lowest BCUT2D eigenvalue weighted by molar-refractivity contribution is -0.117. The number of hydrogen-bond acceptors (Lipinski definition) is 3. The van der Waals surface area contributed by atoms with Crippen molar-refractivity contribution in [1.29, 1.82) is 0 Å². The monoisotopic (exact) mass is 433 g/mol. The van der Waals surface area contributed by atoms with E-state index >= 15 is 0 Å². The van der Waals surface area contributed by atoms with Crippen molar-refractivity contribution in [3.63, 3.8) is 0 Å². The number of nitrogens with zero attached hydrogens (tertiary/aromatic N) is 3. The van der Waals surface area contributed by atoms with Crippen molar-refractivity contribution >= 4 is 17.6 Å².